The highest BCUT2D eigenvalue weighted by atomic mass is 16.4. The number of nitrogens with one attached hydrogen (secondary N) is 1. The summed E-state index contributed by atoms with van der Waals surface area (Å²) in [7, 11) is 0. The van der Waals surface area contributed by atoms with Crippen molar-refractivity contribution < 1.29 is 9.90 Å². The molecule has 2 aliphatic rings. The minimum Gasteiger partial charge on any atom is -0.481 e. The van der Waals surface area contributed by atoms with Crippen LogP contribution >= 0.6 is 0 Å². The van der Waals surface area contributed by atoms with Crippen LogP contribution in [0.25, 0.3) is 0 Å². The van der Waals surface area contributed by atoms with Crippen LogP contribution in [0.1, 0.15) is 32.1 Å². The minimum atomic E-state index is -0.629. The molecule has 2 N–H and O–H groups in total. The summed E-state index contributed by atoms with van der Waals surface area (Å²) in [6, 6.07) is 0. The van der Waals surface area contributed by atoms with Gasteiger partial charge in [-0.15, -0.1) is 0 Å². The average molecular weight is 183 g/mol. The van der Waals surface area contributed by atoms with Crippen molar-refractivity contribution in [2.45, 2.75) is 32.1 Å². The second-order valence-corrected chi connectivity index (χ2v) is 4.51. The largest absolute Gasteiger partial charge is 0.481 e. The van der Waals surface area contributed by atoms with Crippen molar-refractivity contribution in [3.63, 3.8) is 0 Å². The Morgan fingerprint density at radius 1 is 1.54 bits per heavy atom. The predicted octanol–water partition coefficient (Wildman–Crippen LogP) is 1.24. The van der Waals surface area contributed by atoms with E-state index < -0.39 is 5.97 Å². The minimum absolute atomic E-state index is 0.101. The molecule has 2 atom stereocenters. The van der Waals surface area contributed by atoms with Crippen molar-refractivity contribution in [1.82, 2.24) is 5.32 Å². The Labute approximate surface area is 78.5 Å². The van der Waals surface area contributed by atoms with Gasteiger partial charge in [0.1, 0.15) is 0 Å². The molecule has 0 aromatic heterocycles. The number of hydrogen-bond acceptors (Lipinski definition) is 2. The Morgan fingerprint density at radius 3 is 3.15 bits per heavy atom. The molecule has 74 valence electrons. The predicted molar refractivity (Wildman–Crippen MR) is 49.5 cm³/mol. The highest BCUT2D eigenvalue weighted by Crippen LogP contribution is 2.46. The summed E-state index contributed by atoms with van der Waals surface area (Å²) < 4.78 is 0. The topological polar surface area (TPSA) is 49.3 Å². The fourth-order valence-corrected chi connectivity index (χ4v) is 3.02. The van der Waals surface area contributed by atoms with Crippen LogP contribution in [0.4, 0.5) is 0 Å². The van der Waals surface area contributed by atoms with Gasteiger partial charge >= 0.3 is 5.97 Å². The molecule has 13 heavy (non-hydrogen) atoms. The first kappa shape index (κ1) is 9.00. The molecule has 2 fully saturated rings. The van der Waals surface area contributed by atoms with Gasteiger partial charge in [0, 0.05) is 6.54 Å². The SMILES string of the molecule is O=C(O)C[C@]12CCCC[C@H]1CNC2. The summed E-state index contributed by atoms with van der Waals surface area (Å²) in [6.45, 7) is 1.96. The summed E-state index contributed by atoms with van der Waals surface area (Å²) in [6.07, 6.45) is 5.20. The summed E-state index contributed by atoms with van der Waals surface area (Å²) in [5.74, 6) is -0.00653. The fourth-order valence-electron chi connectivity index (χ4n) is 3.02. The molecule has 0 spiro atoms. The summed E-state index contributed by atoms with van der Waals surface area (Å²) >= 11 is 0. The van der Waals surface area contributed by atoms with E-state index in [2.05, 4.69) is 5.32 Å². The van der Waals surface area contributed by atoms with Gasteiger partial charge in [0.25, 0.3) is 0 Å². The van der Waals surface area contributed by atoms with Gasteiger partial charge in [0.15, 0.2) is 0 Å². The van der Waals surface area contributed by atoms with Crippen molar-refractivity contribution in [2.24, 2.45) is 11.3 Å². The van der Waals surface area contributed by atoms with Crippen LogP contribution in [0.3, 0.4) is 0 Å². The van der Waals surface area contributed by atoms with Crippen molar-refractivity contribution in [2.75, 3.05) is 13.1 Å². The van der Waals surface area contributed by atoms with E-state index in [1.165, 1.54) is 19.3 Å². The van der Waals surface area contributed by atoms with Gasteiger partial charge < -0.3 is 10.4 Å². The van der Waals surface area contributed by atoms with Crippen molar-refractivity contribution in [3.8, 4) is 0 Å². The maximum absolute atomic E-state index is 10.8. The van der Waals surface area contributed by atoms with Gasteiger partial charge in [-0.3, -0.25) is 4.79 Å². The Balaban J connectivity index is 2.11. The molecule has 3 heteroatoms. The number of fused-ring (bicyclic) bond motifs is 1. The number of aliphatic carboxylic acids is 1. The standard InChI is InChI=1S/C10H17NO2/c12-9(13)5-10-4-2-1-3-8(10)6-11-7-10/h8,11H,1-7H2,(H,12,13)/t8-,10-/m0/s1. The molecule has 1 aliphatic carbocycles. The molecule has 1 heterocycles. The van der Waals surface area contributed by atoms with Crippen LogP contribution < -0.4 is 5.32 Å². The molecule has 2 rings (SSSR count). The number of carboxylic acid groups (broad SMARTS) is 1. The monoisotopic (exact) mass is 183 g/mol. The average Bonchev–Trinajstić information content (AvgIpc) is 2.45. The van der Waals surface area contributed by atoms with Gasteiger partial charge in [0.2, 0.25) is 0 Å². The highest BCUT2D eigenvalue weighted by Gasteiger charge is 2.45. The molecule has 0 aromatic carbocycles. The summed E-state index contributed by atoms with van der Waals surface area (Å²) in [5.41, 5.74) is 0.101. The van der Waals surface area contributed by atoms with Crippen molar-refractivity contribution >= 4 is 5.97 Å². The van der Waals surface area contributed by atoms with Gasteiger partial charge in [-0.1, -0.05) is 12.8 Å². The lowest BCUT2D eigenvalue weighted by Crippen LogP contribution is -2.35. The van der Waals surface area contributed by atoms with E-state index in [-0.39, 0.29) is 5.41 Å². The van der Waals surface area contributed by atoms with Gasteiger partial charge in [-0.25, -0.2) is 0 Å². The third-order valence-corrected chi connectivity index (χ3v) is 3.71. The molecule has 0 unspecified atom stereocenters. The lowest BCUT2D eigenvalue weighted by Gasteiger charge is -2.37. The maximum atomic E-state index is 10.8. The van der Waals surface area contributed by atoms with Crippen LogP contribution in [0, 0.1) is 11.3 Å². The number of hydrogen-bond donors (Lipinski definition) is 2. The molecule has 0 bridgehead atoms. The summed E-state index contributed by atoms with van der Waals surface area (Å²) in [5, 5.41) is 12.2. The zero-order valence-corrected chi connectivity index (χ0v) is 7.88. The quantitative estimate of drug-likeness (QED) is 0.677. The normalized spacial score (nSPS) is 38.6. The van der Waals surface area contributed by atoms with E-state index in [9.17, 15) is 4.79 Å². The van der Waals surface area contributed by atoms with Crippen LogP contribution in [-0.4, -0.2) is 24.2 Å². The number of rotatable bonds is 2. The summed E-state index contributed by atoms with van der Waals surface area (Å²) in [4.78, 5) is 10.8. The number of carboxylic acids is 1. The zero-order chi connectivity index (χ0) is 9.31. The Morgan fingerprint density at radius 2 is 2.38 bits per heavy atom. The molecule has 1 aliphatic heterocycles. The van der Waals surface area contributed by atoms with E-state index in [0.29, 0.717) is 12.3 Å². The first-order valence-electron chi connectivity index (χ1n) is 5.15. The third-order valence-electron chi connectivity index (χ3n) is 3.71. The van der Waals surface area contributed by atoms with E-state index in [1.807, 2.05) is 0 Å². The second-order valence-electron chi connectivity index (χ2n) is 4.51. The fraction of sp³-hybridized carbons (Fsp3) is 0.900. The first-order chi connectivity index (χ1) is 6.23. The zero-order valence-electron chi connectivity index (χ0n) is 7.88. The molecule has 0 aromatic rings. The molecule has 1 saturated heterocycles. The van der Waals surface area contributed by atoms with E-state index in [0.717, 1.165) is 19.5 Å². The van der Waals surface area contributed by atoms with Crippen LogP contribution in [0.15, 0.2) is 0 Å². The first-order valence-corrected chi connectivity index (χ1v) is 5.15. The smallest absolute Gasteiger partial charge is 0.303 e. The van der Waals surface area contributed by atoms with Crippen molar-refractivity contribution in [1.29, 1.82) is 0 Å². The Hall–Kier alpha value is -0.570. The van der Waals surface area contributed by atoms with Crippen molar-refractivity contribution in [3.05, 3.63) is 0 Å². The Bertz CT molecular complexity index is 217. The Kier molecular flexibility index (Phi) is 2.28. The molecule has 0 amide bonds. The molecular weight excluding hydrogens is 166 g/mol. The van der Waals surface area contributed by atoms with Crippen LogP contribution in [0.2, 0.25) is 0 Å². The van der Waals surface area contributed by atoms with Gasteiger partial charge in [-0.2, -0.15) is 0 Å². The molecular formula is C10H17NO2. The third kappa shape index (κ3) is 1.57. The second kappa shape index (κ2) is 3.29. The lowest BCUT2D eigenvalue weighted by molar-refractivity contribution is -0.140. The van der Waals surface area contributed by atoms with Gasteiger partial charge in [-0.05, 0) is 30.7 Å². The number of carbonyl (C=O) groups is 1. The highest BCUT2D eigenvalue weighted by molar-refractivity contribution is 5.68. The lowest BCUT2D eigenvalue weighted by atomic mass is 9.66. The van der Waals surface area contributed by atoms with E-state index >= 15 is 0 Å². The van der Waals surface area contributed by atoms with E-state index in [1.54, 1.807) is 0 Å². The maximum Gasteiger partial charge on any atom is 0.303 e. The van der Waals surface area contributed by atoms with E-state index in [4.69, 9.17) is 5.11 Å². The van der Waals surface area contributed by atoms with Gasteiger partial charge in [0.05, 0.1) is 6.42 Å². The molecule has 0 radical (unpaired) electrons. The molecule has 1 saturated carbocycles. The van der Waals surface area contributed by atoms with Crippen LogP contribution in [0.5, 0.6) is 0 Å². The molecule has 3 nitrogen and oxygen atoms in total. The van der Waals surface area contributed by atoms with Crippen LogP contribution in [-0.2, 0) is 4.79 Å².